The van der Waals surface area contributed by atoms with Crippen molar-refractivity contribution in [3.63, 3.8) is 0 Å². The lowest BCUT2D eigenvalue weighted by atomic mass is 10.3. The van der Waals surface area contributed by atoms with Crippen molar-refractivity contribution in [1.29, 1.82) is 0 Å². The lowest BCUT2D eigenvalue weighted by molar-refractivity contribution is 0.551. The van der Waals surface area contributed by atoms with Gasteiger partial charge in [-0.05, 0) is 13.3 Å². The van der Waals surface area contributed by atoms with Crippen LogP contribution in [-0.4, -0.2) is 14.0 Å². The van der Waals surface area contributed by atoms with Gasteiger partial charge in [0.25, 0.3) is 0 Å². The fraction of sp³-hybridized carbons (Fsp3) is 0.600. The molecule has 2 atom stereocenters. The van der Waals surface area contributed by atoms with Gasteiger partial charge in [0.15, 0.2) is 11.1 Å². The monoisotopic (exact) mass is 134 g/mol. The van der Waals surface area contributed by atoms with E-state index < -0.39 is 11.1 Å². The van der Waals surface area contributed by atoms with Crippen LogP contribution >= 0.6 is 0 Å². The van der Waals surface area contributed by atoms with E-state index in [1.54, 1.807) is 13.0 Å². The van der Waals surface area contributed by atoms with Crippen molar-refractivity contribution in [2.45, 2.75) is 18.6 Å². The molecule has 0 spiro atoms. The second-order valence-corrected chi connectivity index (χ2v) is 2.97. The summed E-state index contributed by atoms with van der Waals surface area (Å²) in [5, 5.41) is -0.174. The highest BCUT2D eigenvalue weighted by molar-refractivity contribution is 7.79. The summed E-state index contributed by atoms with van der Waals surface area (Å²) in [6, 6.07) is 0. The Labute approximate surface area is 51.9 Å². The van der Waals surface area contributed by atoms with Crippen LogP contribution in [0, 0.1) is 0 Å². The van der Waals surface area contributed by atoms with Gasteiger partial charge in [-0.1, -0.05) is 6.08 Å². The lowest BCUT2D eigenvalue weighted by Gasteiger charge is -1.99. The maximum atomic E-state index is 10.2. The van der Waals surface area contributed by atoms with Gasteiger partial charge >= 0.3 is 0 Å². The van der Waals surface area contributed by atoms with Gasteiger partial charge < -0.3 is 4.55 Å². The molecule has 8 heavy (non-hydrogen) atoms. The zero-order chi connectivity index (χ0) is 6.57. The van der Waals surface area contributed by atoms with Crippen molar-refractivity contribution in [2.24, 2.45) is 0 Å². The Morgan fingerprint density at radius 3 is 2.62 bits per heavy atom. The summed E-state index contributed by atoms with van der Waals surface area (Å²) >= 11 is -1.68. The van der Waals surface area contributed by atoms with Gasteiger partial charge in [-0.3, -0.25) is 0 Å². The molecule has 48 valence electrons. The summed E-state index contributed by atoms with van der Waals surface area (Å²) in [4.78, 5) is 0. The number of rotatable bonds is 3. The SMILES string of the molecule is C=CCC(C)S(=O)O. The minimum absolute atomic E-state index is 0.174. The average Bonchev–Trinajstić information content (AvgIpc) is 1.67. The lowest BCUT2D eigenvalue weighted by Crippen LogP contribution is -2.07. The van der Waals surface area contributed by atoms with Gasteiger partial charge in [-0.25, -0.2) is 4.21 Å². The van der Waals surface area contributed by atoms with E-state index in [1.165, 1.54) is 0 Å². The predicted molar refractivity (Wildman–Crippen MR) is 35.0 cm³/mol. The van der Waals surface area contributed by atoms with Crippen LogP contribution in [0.3, 0.4) is 0 Å². The van der Waals surface area contributed by atoms with Crippen molar-refractivity contribution in [3.05, 3.63) is 12.7 Å². The molecule has 0 saturated heterocycles. The number of hydrogen-bond acceptors (Lipinski definition) is 1. The van der Waals surface area contributed by atoms with E-state index in [0.29, 0.717) is 6.42 Å². The van der Waals surface area contributed by atoms with Crippen LogP contribution in [0.25, 0.3) is 0 Å². The van der Waals surface area contributed by atoms with Gasteiger partial charge in [0.2, 0.25) is 0 Å². The minimum atomic E-state index is -1.68. The third-order valence-corrected chi connectivity index (χ3v) is 1.72. The summed E-state index contributed by atoms with van der Waals surface area (Å²) in [5.41, 5.74) is 0. The maximum absolute atomic E-state index is 10.2. The van der Waals surface area contributed by atoms with Crippen molar-refractivity contribution in [3.8, 4) is 0 Å². The molecular formula is C5H10O2S. The zero-order valence-electron chi connectivity index (χ0n) is 4.83. The Morgan fingerprint density at radius 1 is 2.00 bits per heavy atom. The molecule has 0 saturated carbocycles. The number of hydrogen-bond donors (Lipinski definition) is 1. The third kappa shape index (κ3) is 2.93. The first-order chi connectivity index (χ1) is 3.68. The molecule has 0 amide bonds. The fourth-order valence-corrected chi connectivity index (χ4v) is 0.618. The Morgan fingerprint density at radius 2 is 2.50 bits per heavy atom. The molecule has 0 aromatic carbocycles. The zero-order valence-corrected chi connectivity index (χ0v) is 5.65. The van der Waals surface area contributed by atoms with Crippen molar-refractivity contribution < 1.29 is 8.76 Å². The highest BCUT2D eigenvalue weighted by Gasteiger charge is 2.03. The van der Waals surface area contributed by atoms with Crippen LogP contribution < -0.4 is 0 Å². The highest BCUT2D eigenvalue weighted by Crippen LogP contribution is 1.97. The van der Waals surface area contributed by atoms with Gasteiger partial charge in [0.1, 0.15) is 0 Å². The first kappa shape index (κ1) is 7.85. The molecule has 0 rings (SSSR count). The first-order valence-electron chi connectivity index (χ1n) is 2.39. The fourth-order valence-electron chi connectivity index (χ4n) is 0.317. The molecule has 0 radical (unpaired) electrons. The molecule has 3 heteroatoms. The summed E-state index contributed by atoms with van der Waals surface area (Å²) < 4.78 is 18.5. The second kappa shape index (κ2) is 3.80. The number of allylic oxidation sites excluding steroid dienone is 1. The largest absolute Gasteiger partial charge is 0.306 e. The molecular weight excluding hydrogens is 124 g/mol. The molecule has 0 heterocycles. The van der Waals surface area contributed by atoms with E-state index in [4.69, 9.17) is 4.55 Å². The van der Waals surface area contributed by atoms with E-state index in [-0.39, 0.29) is 5.25 Å². The average molecular weight is 134 g/mol. The van der Waals surface area contributed by atoms with Crippen LogP contribution in [0.4, 0.5) is 0 Å². The van der Waals surface area contributed by atoms with Gasteiger partial charge in [0, 0.05) is 0 Å². The Bertz CT molecular complexity index is 101. The molecule has 0 aromatic heterocycles. The topological polar surface area (TPSA) is 37.3 Å². The van der Waals surface area contributed by atoms with E-state index in [9.17, 15) is 4.21 Å². The molecule has 0 aliphatic rings. The maximum Gasteiger partial charge on any atom is 0.156 e. The normalized spacial score (nSPS) is 17.2. The Balaban J connectivity index is 3.46. The van der Waals surface area contributed by atoms with Gasteiger partial charge in [-0.2, -0.15) is 0 Å². The Kier molecular flexibility index (Phi) is 3.73. The van der Waals surface area contributed by atoms with Crippen molar-refractivity contribution in [2.75, 3.05) is 0 Å². The molecule has 2 unspecified atom stereocenters. The van der Waals surface area contributed by atoms with Gasteiger partial charge in [0.05, 0.1) is 5.25 Å². The van der Waals surface area contributed by atoms with Crippen LogP contribution in [0.15, 0.2) is 12.7 Å². The van der Waals surface area contributed by atoms with E-state index >= 15 is 0 Å². The molecule has 1 N–H and O–H groups in total. The van der Waals surface area contributed by atoms with Gasteiger partial charge in [-0.15, -0.1) is 6.58 Å². The summed E-state index contributed by atoms with van der Waals surface area (Å²) in [6.07, 6.45) is 2.24. The molecule has 0 bridgehead atoms. The van der Waals surface area contributed by atoms with Crippen LogP contribution in [-0.2, 0) is 11.1 Å². The van der Waals surface area contributed by atoms with Crippen LogP contribution in [0.5, 0.6) is 0 Å². The standard InChI is InChI=1S/C5H10O2S/c1-3-4-5(2)8(6)7/h3,5H,1,4H2,2H3,(H,6,7). The van der Waals surface area contributed by atoms with Crippen LogP contribution in [0.1, 0.15) is 13.3 Å². The van der Waals surface area contributed by atoms with E-state index in [0.717, 1.165) is 0 Å². The molecule has 0 aromatic rings. The predicted octanol–water partition coefficient (Wildman–Crippen LogP) is 1.17. The van der Waals surface area contributed by atoms with E-state index in [2.05, 4.69) is 6.58 Å². The quantitative estimate of drug-likeness (QED) is 0.464. The summed E-state index contributed by atoms with van der Waals surface area (Å²) in [7, 11) is 0. The summed E-state index contributed by atoms with van der Waals surface area (Å²) in [6.45, 7) is 5.14. The van der Waals surface area contributed by atoms with Crippen LogP contribution in [0.2, 0.25) is 0 Å². The van der Waals surface area contributed by atoms with Crippen molar-refractivity contribution in [1.82, 2.24) is 0 Å². The van der Waals surface area contributed by atoms with E-state index in [1.807, 2.05) is 0 Å². The highest BCUT2D eigenvalue weighted by atomic mass is 32.2. The third-order valence-electron chi connectivity index (χ3n) is 0.843. The van der Waals surface area contributed by atoms with Crippen molar-refractivity contribution >= 4 is 11.1 Å². The first-order valence-corrected chi connectivity index (χ1v) is 3.56. The second-order valence-electron chi connectivity index (χ2n) is 1.61. The molecule has 0 aliphatic heterocycles. The smallest absolute Gasteiger partial charge is 0.156 e. The Hall–Kier alpha value is -0.150. The molecule has 0 aliphatic carbocycles. The minimum Gasteiger partial charge on any atom is -0.306 e. The molecule has 2 nitrogen and oxygen atoms in total. The summed E-state index contributed by atoms with van der Waals surface area (Å²) in [5.74, 6) is 0. The molecule has 0 fully saturated rings.